The molecule has 0 amide bonds. The quantitative estimate of drug-likeness (QED) is 0.491. The van der Waals surface area contributed by atoms with Crippen LogP contribution in [0, 0.1) is 11.3 Å². The summed E-state index contributed by atoms with van der Waals surface area (Å²) < 4.78 is 6.96. The predicted octanol–water partition coefficient (Wildman–Crippen LogP) is 4.39. The molecular weight excluding hydrogens is 376 g/mol. The lowest BCUT2D eigenvalue weighted by Gasteiger charge is -2.13. The zero-order valence-corrected chi connectivity index (χ0v) is 15.9. The molecule has 0 aliphatic carbocycles. The van der Waals surface area contributed by atoms with E-state index in [1.165, 1.54) is 0 Å². The van der Waals surface area contributed by atoms with Crippen LogP contribution >= 0.6 is 0 Å². The fraction of sp³-hybridized carbons (Fsp3) is 0.0417. The van der Waals surface area contributed by atoms with Crippen molar-refractivity contribution in [2.45, 2.75) is 6.42 Å². The number of benzene rings is 2. The van der Waals surface area contributed by atoms with Crippen LogP contribution in [0.4, 0.5) is 0 Å². The molecular formula is C24H16N4O2. The van der Waals surface area contributed by atoms with Gasteiger partial charge in [0, 0.05) is 11.8 Å². The van der Waals surface area contributed by atoms with Crippen LogP contribution in [0.1, 0.15) is 17.0 Å². The van der Waals surface area contributed by atoms with Crippen LogP contribution in [-0.4, -0.2) is 14.5 Å². The number of H-pyrrole nitrogens is 1. The topological polar surface area (TPSA) is 87.6 Å². The third kappa shape index (κ3) is 3.09. The Kier molecular flexibility index (Phi) is 4.26. The second-order valence-corrected chi connectivity index (χ2v) is 6.91. The lowest BCUT2D eigenvalue weighted by molar-refractivity contribution is 0.519. The maximum atomic E-state index is 13.1. The van der Waals surface area contributed by atoms with Gasteiger partial charge in [-0.25, -0.2) is 4.98 Å². The average molecular weight is 392 g/mol. The van der Waals surface area contributed by atoms with Crippen molar-refractivity contribution in [2.24, 2.45) is 0 Å². The molecule has 3 aromatic rings. The van der Waals surface area contributed by atoms with Gasteiger partial charge in [-0.3, -0.25) is 9.36 Å². The maximum Gasteiger partial charge on any atom is 0.278 e. The number of nitrogens with one attached hydrogen (secondary N) is 1. The van der Waals surface area contributed by atoms with Crippen molar-refractivity contribution in [3.8, 4) is 34.4 Å². The molecule has 144 valence electrons. The van der Waals surface area contributed by atoms with E-state index in [4.69, 9.17) is 4.42 Å². The molecule has 0 radical (unpaired) electrons. The standard InChI is InChI=1S/C24H16N4O2/c25-14-16-6-4-9-18(12-16)22-23-27-20(13-19-10-5-11-30-19)24(29)28(23)15-21(26-22)17-7-2-1-3-8-17/h1-12,15,26H,13H2. The number of nitrogens with zero attached hydrogens (tertiary/aromatic N) is 3. The summed E-state index contributed by atoms with van der Waals surface area (Å²) in [5.74, 6) is 1.19. The molecule has 0 spiro atoms. The number of rotatable bonds is 4. The first kappa shape index (κ1) is 17.7. The third-order valence-corrected chi connectivity index (χ3v) is 4.96. The molecule has 6 heteroatoms. The van der Waals surface area contributed by atoms with Gasteiger partial charge < -0.3 is 9.40 Å². The summed E-state index contributed by atoms with van der Waals surface area (Å²) in [5.41, 5.74) is 3.93. The van der Waals surface area contributed by atoms with E-state index in [-0.39, 0.29) is 5.56 Å². The summed E-state index contributed by atoms with van der Waals surface area (Å²) in [4.78, 5) is 21.2. The van der Waals surface area contributed by atoms with Crippen LogP contribution < -0.4 is 5.56 Å². The van der Waals surface area contributed by atoms with Crippen LogP contribution in [0.5, 0.6) is 0 Å². The Balaban J connectivity index is 1.75. The number of furan rings is 1. The highest BCUT2D eigenvalue weighted by Gasteiger charge is 2.21. The van der Waals surface area contributed by atoms with Crippen molar-refractivity contribution < 1.29 is 4.42 Å². The fourth-order valence-corrected chi connectivity index (χ4v) is 3.52. The molecule has 2 aliphatic heterocycles. The lowest BCUT2D eigenvalue weighted by atomic mass is 10.1. The van der Waals surface area contributed by atoms with Crippen molar-refractivity contribution in [2.75, 3.05) is 0 Å². The number of imidazole rings is 1. The number of fused-ring (bicyclic) bond motifs is 1. The number of aromatic amines is 1. The van der Waals surface area contributed by atoms with Crippen LogP contribution in [0.25, 0.3) is 28.3 Å². The van der Waals surface area contributed by atoms with Crippen LogP contribution in [0.15, 0.2) is 88.4 Å². The van der Waals surface area contributed by atoms with Gasteiger partial charge in [0.25, 0.3) is 5.56 Å². The summed E-state index contributed by atoms with van der Waals surface area (Å²) in [6.45, 7) is 0. The average Bonchev–Trinajstić information content (AvgIpc) is 3.42. The smallest absolute Gasteiger partial charge is 0.278 e. The van der Waals surface area contributed by atoms with Crippen LogP contribution in [-0.2, 0) is 6.42 Å². The Labute approximate surface area is 172 Å². The number of nitriles is 1. The molecule has 2 aromatic carbocycles. The molecule has 6 nitrogen and oxygen atoms in total. The zero-order chi connectivity index (χ0) is 20.5. The maximum absolute atomic E-state index is 13.1. The van der Waals surface area contributed by atoms with Crippen LogP contribution in [0.2, 0.25) is 0 Å². The zero-order valence-electron chi connectivity index (χ0n) is 15.9. The summed E-state index contributed by atoms with van der Waals surface area (Å²) >= 11 is 0. The van der Waals surface area contributed by atoms with Crippen molar-refractivity contribution >= 4 is 0 Å². The molecule has 0 fully saturated rings. The first-order valence-electron chi connectivity index (χ1n) is 9.45. The molecule has 0 saturated carbocycles. The minimum Gasteiger partial charge on any atom is -0.469 e. The van der Waals surface area contributed by atoms with Gasteiger partial charge in [0.15, 0.2) is 5.82 Å². The Morgan fingerprint density at radius 2 is 1.87 bits per heavy atom. The Hall–Kier alpha value is -4.37. The van der Waals surface area contributed by atoms with Gasteiger partial charge >= 0.3 is 0 Å². The highest BCUT2D eigenvalue weighted by Crippen LogP contribution is 2.29. The van der Waals surface area contributed by atoms with E-state index in [0.717, 1.165) is 16.8 Å². The first-order chi connectivity index (χ1) is 14.7. The molecule has 1 aromatic heterocycles. The van der Waals surface area contributed by atoms with E-state index in [1.54, 1.807) is 35.2 Å². The highest BCUT2D eigenvalue weighted by atomic mass is 16.3. The molecule has 0 saturated heterocycles. The molecule has 0 atom stereocenters. The molecule has 1 N–H and O–H groups in total. The number of aromatic nitrogens is 3. The fourth-order valence-electron chi connectivity index (χ4n) is 3.52. The lowest BCUT2D eigenvalue weighted by Crippen LogP contribution is -2.16. The summed E-state index contributed by atoms with van der Waals surface area (Å²) in [5, 5.41) is 9.31. The summed E-state index contributed by atoms with van der Waals surface area (Å²) in [6.07, 6.45) is 3.66. The van der Waals surface area contributed by atoms with Crippen molar-refractivity contribution in [1.82, 2.24) is 14.5 Å². The van der Waals surface area contributed by atoms with E-state index in [9.17, 15) is 10.1 Å². The molecule has 3 heterocycles. The van der Waals surface area contributed by atoms with E-state index in [0.29, 0.717) is 35.0 Å². The van der Waals surface area contributed by atoms with E-state index < -0.39 is 0 Å². The third-order valence-electron chi connectivity index (χ3n) is 4.96. The Morgan fingerprint density at radius 3 is 2.63 bits per heavy atom. The molecule has 0 unspecified atom stereocenters. The molecule has 2 aliphatic rings. The Morgan fingerprint density at radius 1 is 1.03 bits per heavy atom. The minimum absolute atomic E-state index is 0.190. The molecule has 30 heavy (non-hydrogen) atoms. The first-order valence-corrected chi connectivity index (χ1v) is 9.45. The summed E-state index contributed by atoms with van der Waals surface area (Å²) in [6, 6.07) is 22.8. The normalized spacial score (nSPS) is 10.9. The minimum atomic E-state index is -0.190. The van der Waals surface area contributed by atoms with Gasteiger partial charge in [-0.2, -0.15) is 5.26 Å². The van der Waals surface area contributed by atoms with E-state index in [2.05, 4.69) is 16.0 Å². The van der Waals surface area contributed by atoms with Crippen molar-refractivity contribution in [3.05, 3.63) is 107 Å². The number of hydrogen-bond acceptors (Lipinski definition) is 4. The van der Waals surface area contributed by atoms with Crippen molar-refractivity contribution in [3.63, 3.8) is 0 Å². The van der Waals surface area contributed by atoms with Gasteiger partial charge in [0.05, 0.1) is 35.7 Å². The Bertz CT molecular complexity index is 1390. The van der Waals surface area contributed by atoms with Crippen molar-refractivity contribution in [1.29, 1.82) is 5.26 Å². The number of hydrogen-bond donors (Lipinski definition) is 1. The highest BCUT2D eigenvalue weighted by molar-refractivity contribution is 5.72. The van der Waals surface area contributed by atoms with Gasteiger partial charge in [0.1, 0.15) is 11.5 Å². The summed E-state index contributed by atoms with van der Waals surface area (Å²) in [7, 11) is 0. The second-order valence-electron chi connectivity index (χ2n) is 6.91. The molecule has 5 rings (SSSR count). The SMILES string of the molecule is N#Cc1cccc(-c2[nH]c(-c3ccccc3)cn3c(=O)c(Cc4ccco4)nc2-3)c1. The van der Waals surface area contributed by atoms with Crippen LogP contribution in [0.3, 0.4) is 0 Å². The predicted molar refractivity (Wildman–Crippen MR) is 112 cm³/mol. The van der Waals surface area contributed by atoms with Gasteiger partial charge in [0.2, 0.25) is 0 Å². The monoisotopic (exact) mass is 392 g/mol. The van der Waals surface area contributed by atoms with Gasteiger partial charge in [-0.1, -0.05) is 42.5 Å². The van der Waals surface area contributed by atoms with E-state index in [1.807, 2.05) is 48.5 Å². The van der Waals surface area contributed by atoms with Gasteiger partial charge in [-0.05, 0) is 29.8 Å². The molecule has 0 bridgehead atoms. The second kappa shape index (κ2) is 7.22. The van der Waals surface area contributed by atoms with E-state index >= 15 is 0 Å². The largest absolute Gasteiger partial charge is 0.469 e. The van der Waals surface area contributed by atoms with Gasteiger partial charge in [-0.15, -0.1) is 0 Å².